The van der Waals surface area contributed by atoms with Crippen LogP contribution >= 0.6 is 0 Å². The van der Waals surface area contributed by atoms with Gasteiger partial charge in [-0.05, 0) is 28.8 Å². The van der Waals surface area contributed by atoms with Crippen molar-refractivity contribution >= 4 is 5.97 Å². The third kappa shape index (κ3) is 5.63. The van der Waals surface area contributed by atoms with E-state index in [1.807, 2.05) is 35.2 Å². The lowest BCUT2D eigenvalue weighted by molar-refractivity contribution is -0.228. The minimum absolute atomic E-state index is 0.157. The molecule has 0 spiro atoms. The Morgan fingerprint density at radius 1 is 0.971 bits per heavy atom. The van der Waals surface area contributed by atoms with Crippen molar-refractivity contribution in [3.8, 4) is 0 Å². The summed E-state index contributed by atoms with van der Waals surface area (Å²) in [6, 6.07) is 21.2. The number of esters is 1. The third-order valence-electron chi connectivity index (χ3n) is 5.68. The van der Waals surface area contributed by atoms with Crippen molar-refractivity contribution in [3.63, 3.8) is 0 Å². The second-order valence-electron chi connectivity index (χ2n) is 8.01. The van der Waals surface area contributed by atoms with Crippen LogP contribution in [-0.2, 0) is 20.8 Å². The van der Waals surface area contributed by atoms with E-state index in [4.69, 9.17) is 9.47 Å². The van der Waals surface area contributed by atoms with Gasteiger partial charge in [0, 0.05) is 13.1 Å². The molecule has 0 N–H and O–H groups in total. The van der Waals surface area contributed by atoms with Crippen LogP contribution in [0.4, 0.5) is 17.6 Å². The number of alkyl halides is 3. The normalized spacial score (nSPS) is 20.0. The van der Waals surface area contributed by atoms with Crippen molar-refractivity contribution in [3.05, 3.63) is 107 Å². The van der Waals surface area contributed by atoms with Gasteiger partial charge in [0.1, 0.15) is 5.82 Å². The Bertz CT molecular complexity index is 1070. The number of carbonyl (C=O) groups is 1. The van der Waals surface area contributed by atoms with Gasteiger partial charge in [0.15, 0.2) is 5.92 Å². The molecule has 34 heavy (non-hydrogen) atoms. The van der Waals surface area contributed by atoms with Crippen molar-refractivity contribution < 1.29 is 31.8 Å². The molecule has 0 radical (unpaired) electrons. The summed E-state index contributed by atoms with van der Waals surface area (Å²) in [5.41, 5.74) is 1.33. The zero-order valence-corrected chi connectivity index (χ0v) is 18.1. The summed E-state index contributed by atoms with van der Waals surface area (Å²) in [4.78, 5) is 14.8. The van der Waals surface area contributed by atoms with Gasteiger partial charge in [-0.2, -0.15) is 13.2 Å². The predicted octanol–water partition coefficient (Wildman–Crippen LogP) is 5.61. The summed E-state index contributed by atoms with van der Waals surface area (Å²) in [5, 5.41) is 0. The van der Waals surface area contributed by atoms with Crippen molar-refractivity contribution in [2.45, 2.75) is 31.0 Å². The summed E-state index contributed by atoms with van der Waals surface area (Å²) in [7, 11) is 0. The van der Waals surface area contributed by atoms with Crippen LogP contribution in [0, 0.1) is 5.82 Å². The average molecular weight is 473 g/mol. The first kappa shape index (κ1) is 23.9. The molecule has 178 valence electrons. The molecule has 0 saturated carbocycles. The van der Waals surface area contributed by atoms with Gasteiger partial charge in [-0.3, -0.25) is 9.69 Å². The van der Waals surface area contributed by atoms with Gasteiger partial charge in [0.25, 0.3) is 0 Å². The lowest BCUT2D eigenvalue weighted by Gasteiger charge is -2.41. The number of hydrogen-bond acceptors (Lipinski definition) is 4. The lowest BCUT2D eigenvalue weighted by Crippen LogP contribution is -2.47. The Balaban J connectivity index is 1.63. The first-order valence-corrected chi connectivity index (χ1v) is 10.8. The summed E-state index contributed by atoms with van der Waals surface area (Å²) < 4.78 is 66.2. The molecule has 3 unspecified atom stereocenters. The number of carbonyl (C=O) groups excluding carboxylic acids is 1. The summed E-state index contributed by atoms with van der Waals surface area (Å²) in [6.07, 6.45) is -6.15. The molecule has 4 rings (SSSR count). The van der Waals surface area contributed by atoms with E-state index in [1.54, 1.807) is 6.07 Å². The standard InChI is InChI=1S/C26H23F4NO3/c27-21-13-11-20(12-14-21)23-25(33-16-15-31(23)17-18-7-3-1-4-8-18)34-24(32)22(26(28,29)30)19-9-5-2-6-10-19/h1-14,22-23,25H,15-17H2. The lowest BCUT2D eigenvalue weighted by atomic mass is 9.98. The number of halogens is 4. The third-order valence-corrected chi connectivity index (χ3v) is 5.68. The molecule has 1 fully saturated rings. The first-order chi connectivity index (χ1) is 16.3. The molecule has 3 aromatic rings. The Morgan fingerprint density at radius 3 is 2.21 bits per heavy atom. The van der Waals surface area contributed by atoms with Crippen LogP contribution in [0.1, 0.15) is 28.7 Å². The van der Waals surface area contributed by atoms with E-state index in [-0.39, 0.29) is 12.2 Å². The molecule has 0 amide bonds. The molecule has 0 bridgehead atoms. The highest BCUT2D eigenvalue weighted by molar-refractivity contribution is 5.79. The fourth-order valence-electron chi connectivity index (χ4n) is 4.10. The molecule has 4 nitrogen and oxygen atoms in total. The minimum atomic E-state index is -4.85. The zero-order valence-electron chi connectivity index (χ0n) is 18.1. The molecule has 3 aromatic carbocycles. The van der Waals surface area contributed by atoms with E-state index in [2.05, 4.69) is 0 Å². The molecule has 1 aliphatic rings. The van der Waals surface area contributed by atoms with E-state index >= 15 is 0 Å². The van der Waals surface area contributed by atoms with Crippen LogP contribution < -0.4 is 0 Å². The van der Waals surface area contributed by atoms with Crippen LogP contribution in [0.2, 0.25) is 0 Å². The van der Waals surface area contributed by atoms with Crippen LogP contribution in [0.25, 0.3) is 0 Å². The maximum atomic E-state index is 13.8. The number of morpholine rings is 1. The second-order valence-corrected chi connectivity index (χ2v) is 8.01. The highest BCUT2D eigenvalue weighted by Crippen LogP contribution is 2.38. The smallest absolute Gasteiger partial charge is 0.406 e. The molecule has 1 saturated heterocycles. The number of nitrogens with zero attached hydrogens (tertiary/aromatic N) is 1. The SMILES string of the molecule is O=C(OC1OCCN(Cc2ccccc2)C1c1ccc(F)cc1)C(c1ccccc1)C(F)(F)F. The number of hydrogen-bond donors (Lipinski definition) is 0. The van der Waals surface area contributed by atoms with Gasteiger partial charge in [-0.25, -0.2) is 4.39 Å². The molecule has 1 aliphatic heterocycles. The van der Waals surface area contributed by atoms with Gasteiger partial charge in [-0.1, -0.05) is 72.8 Å². The Labute approximate surface area is 194 Å². The minimum Gasteiger partial charge on any atom is -0.433 e. The largest absolute Gasteiger partial charge is 0.433 e. The van der Waals surface area contributed by atoms with Crippen molar-refractivity contribution in [1.29, 1.82) is 0 Å². The van der Waals surface area contributed by atoms with Gasteiger partial charge < -0.3 is 9.47 Å². The fourth-order valence-corrected chi connectivity index (χ4v) is 4.10. The highest BCUT2D eigenvalue weighted by atomic mass is 19.4. The molecule has 3 atom stereocenters. The Hall–Kier alpha value is -3.23. The summed E-state index contributed by atoms with van der Waals surface area (Å²) in [5.74, 6) is -4.35. The maximum absolute atomic E-state index is 13.8. The Kier molecular flexibility index (Phi) is 7.29. The molecule has 0 aromatic heterocycles. The average Bonchev–Trinajstić information content (AvgIpc) is 2.81. The van der Waals surface area contributed by atoms with E-state index < -0.39 is 36.2 Å². The van der Waals surface area contributed by atoms with Crippen molar-refractivity contribution in [2.24, 2.45) is 0 Å². The summed E-state index contributed by atoms with van der Waals surface area (Å²) in [6.45, 7) is 1.05. The zero-order chi connectivity index (χ0) is 24.1. The monoisotopic (exact) mass is 473 g/mol. The van der Waals surface area contributed by atoms with Gasteiger partial charge >= 0.3 is 12.1 Å². The number of benzene rings is 3. The molecular weight excluding hydrogens is 450 g/mol. The Morgan fingerprint density at radius 2 is 1.59 bits per heavy atom. The summed E-state index contributed by atoms with van der Waals surface area (Å²) >= 11 is 0. The maximum Gasteiger partial charge on any atom is 0.406 e. The van der Waals surface area contributed by atoms with Crippen molar-refractivity contribution in [1.82, 2.24) is 4.90 Å². The van der Waals surface area contributed by atoms with Crippen LogP contribution in [-0.4, -0.2) is 36.5 Å². The van der Waals surface area contributed by atoms with Crippen LogP contribution in [0.3, 0.4) is 0 Å². The van der Waals surface area contributed by atoms with E-state index in [0.29, 0.717) is 18.7 Å². The molecular formula is C26H23F4NO3. The molecule has 0 aliphatic carbocycles. The quantitative estimate of drug-likeness (QED) is 0.344. The number of ether oxygens (including phenoxy) is 2. The predicted molar refractivity (Wildman–Crippen MR) is 117 cm³/mol. The van der Waals surface area contributed by atoms with E-state index in [1.165, 1.54) is 48.5 Å². The second kappa shape index (κ2) is 10.4. The number of rotatable bonds is 6. The van der Waals surface area contributed by atoms with Crippen LogP contribution in [0.15, 0.2) is 84.9 Å². The van der Waals surface area contributed by atoms with E-state index in [0.717, 1.165) is 5.56 Å². The molecule has 8 heteroatoms. The van der Waals surface area contributed by atoms with Crippen LogP contribution in [0.5, 0.6) is 0 Å². The fraction of sp³-hybridized carbons (Fsp3) is 0.269. The van der Waals surface area contributed by atoms with Crippen molar-refractivity contribution in [2.75, 3.05) is 13.2 Å². The first-order valence-electron chi connectivity index (χ1n) is 10.8. The topological polar surface area (TPSA) is 38.8 Å². The van der Waals surface area contributed by atoms with Gasteiger partial charge in [0.05, 0.1) is 12.6 Å². The van der Waals surface area contributed by atoms with Gasteiger partial charge in [-0.15, -0.1) is 0 Å². The van der Waals surface area contributed by atoms with E-state index in [9.17, 15) is 22.4 Å². The molecule has 1 heterocycles. The van der Waals surface area contributed by atoms with Gasteiger partial charge in [0.2, 0.25) is 6.29 Å². The highest BCUT2D eigenvalue weighted by Gasteiger charge is 2.49.